The highest BCUT2D eigenvalue weighted by Crippen LogP contribution is 1.97. The molecule has 2 heteroatoms. The van der Waals surface area contributed by atoms with Crippen LogP contribution in [0.5, 0.6) is 0 Å². The van der Waals surface area contributed by atoms with E-state index in [2.05, 4.69) is 6.58 Å². The summed E-state index contributed by atoms with van der Waals surface area (Å²) in [5.74, 6) is 0.718. The van der Waals surface area contributed by atoms with Crippen LogP contribution in [-0.4, -0.2) is 6.54 Å². The minimum absolute atomic E-state index is 0.594. The maximum atomic E-state index is 5.24. The molecule has 0 aliphatic heterocycles. The van der Waals surface area contributed by atoms with Crippen molar-refractivity contribution in [3.63, 3.8) is 0 Å². The largest absolute Gasteiger partial charge is 0.470 e. The summed E-state index contributed by atoms with van der Waals surface area (Å²) in [5, 5.41) is 0. The first-order valence-corrected chi connectivity index (χ1v) is 2.97. The molecular formula is C7H13NO. The Hall–Kier alpha value is -0.760. The van der Waals surface area contributed by atoms with E-state index in [1.807, 2.05) is 13.0 Å². The fourth-order valence-electron chi connectivity index (χ4n) is 0.384. The lowest BCUT2D eigenvalue weighted by atomic mass is 10.4. The van der Waals surface area contributed by atoms with Crippen molar-refractivity contribution in [2.75, 3.05) is 6.54 Å². The van der Waals surface area contributed by atoms with Crippen molar-refractivity contribution in [2.45, 2.75) is 13.3 Å². The van der Waals surface area contributed by atoms with E-state index in [0.717, 1.165) is 12.2 Å². The lowest BCUT2D eigenvalue weighted by molar-refractivity contribution is 0.337. The van der Waals surface area contributed by atoms with Crippen LogP contribution in [0.15, 0.2) is 24.7 Å². The maximum Gasteiger partial charge on any atom is 0.0972 e. The van der Waals surface area contributed by atoms with Gasteiger partial charge in [0.05, 0.1) is 12.0 Å². The zero-order chi connectivity index (χ0) is 7.11. The molecule has 0 aromatic heterocycles. The van der Waals surface area contributed by atoms with Gasteiger partial charge in [-0.3, -0.25) is 0 Å². The monoisotopic (exact) mass is 127 g/mol. The minimum Gasteiger partial charge on any atom is -0.470 e. The summed E-state index contributed by atoms with van der Waals surface area (Å²) >= 11 is 0. The Morgan fingerprint density at radius 3 is 2.89 bits per heavy atom. The van der Waals surface area contributed by atoms with Crippen molar-refractivity contribution in [1.82, 2.24) is 0 Å². The predicted molar refractivity (Wildman–Crippen MR) is 38.7 cm³/mol. The Labute approximate surface area is 56.0 Å². The van der Waals surface area contributed by atoms with Crippen molar-refractivity contribution in [1.29, 1.82) is 0 Å². The molecule has 0 saturated heterocycles. The molecule has 0 bridgehead atoms. The number of nitrogens with two attached hydrogens (primary N) is 1. The van der Waals surface area contributed by atoms with Gasteiger partial charge >= 0.3 is 0 Å². The van der Waals surface area contributed by atoms with Crippen LogP contribution in [0, 0.1) is 0 Å². The van der Waals surface area contributed by atoms with Crippen LogP contribution in [-0.2, 0) is 4.74 Å². The van der Waals surface area contributed by atoms with E-state index >= 15 is 0 Å². The van der Waals surface area contributed by atoms with Crippen molar-refractivity contribution < 1.29 is 4.74 Å². The van der Waals surface area contributed by atoms with Gasteiger partial charge in [0.1, 0.15) is 0 Å². The average Bonchev–Trinajstić information content (AvgIpc) is 1.85. The molecule has 52 valence electrons. The van der Waals surface area contributed by atoms with E-state index in [4.69, 9.17) is 10.5 Å². The van der Waals surface area contributed by atoms with Crippen LogP contribution in [0.1, 0.15) is 13.3 Å². The third-order valence-corrected chi connectivity index (χ3v) is 0.794. The summed E-state index contributed by atoms with van der Waals surface area (Å²) in [5.41, 5.74) is 5.24. The van der Waals surface area contributed by atoms with E-state index in [9.17, 15) is 0 Å². The van der Waals surface area contributed by atoms with Gasteiger partial charge in [0.2, 0.25) is 0 Å². The molecule has 0 spiro atoms. The fourth-order valence-corrected chi connectivity index (χ4v) is 0.384. The molecule has 0 rings (SSSR count). The predicted octanol–water partition coefficient (Wildman–Crippen LogP) is 1.40. The molecule has 0 amide bonds. The molecule has 0 aliphatic carbocycles. The summed E-state index contributed by atoms with van der Waals surface area (Å²) < 4.78 is 4.98. The third-order valence-electron chi connectivity index (χ3n) is 0.794. The summed E-state index contributed by atoms with van der Waals surface area (Å²) in [4.78, 5) is 0. The second-order valence-corrected chi connectivity index (χ2v) is 1.66. The third kappa shape index (κ3) is 5.11. The summed E-state index contributed by atoms with van der Waals surface area (Å²) in [6.45, 7) is 6.11. The molecule has 0 atom stereocenters. The molecule has 0 aromatic rings. The molecule has 9 heavy (non-hydrogen) atoms. The first-order chi connectivity index (χ1) is 4.31. The molecule has 0 aromatic carbocycles. The summed E-state index contributed by atoms with van der Waals surface area (Å²) in [7, 11) is 0. The minimum atomic E-state index is 0.594. The molecule has 0 unspecified atom stereocenters. The second-order valence-electron chi connectivity index (χ2n) is 1.66. The van der Waals surface area contributed by atoms with Gasteiger partial charge in [-0.15, -0.1) is 0 Å². The molecule has 2 N–H and O–H groups in total. The Bertz CT molecular complexity index is 107. The van der Waals surface area contributed by atoms with Gasteiger partial charge in [0, 0.05) is 6.42 Å². The molecule has 0 fully saturated rings. The van der Waals surface area contributed by atoms with E-state index < -0.39 is 0 Å². The summed E-state index contributed by atoms with van der Waals surface area (Å²) in [6, 6.07) is 0. The fraction of sp³-hybridized carbons (Fsp3) is 0.429. The highest BCUT2D eigenvalue weighted by atomic mass is 16.5. The van der Waals surface area contributed by atoms with E-state index in [1.165, 1.54) is 0 Å². The molecule has 0 aliphatic rings. The van der Waals surface area contributed by atoms with E-state index in [-0.39, 0.29) is 0 Å². The van der Waals surface area contributed by atoms with Gasteiger partial charge in [0.25, 0.3) is 0 Å². The van der Waals surface area contributed by atoms with Crippen LogP contribution < -0.4 is 5.73 Å². The zero-order valence-electron chi connectivity index (χ0n) is 5.76. The Balaban J connectivity index is 3.27. The topological polar surface area (TPSA) is 35.2 Å². The summed E-state index contributed by atoms with van der Waals surface area (Å²) in [6.07, 6.45) is 4.13. The molecule has 2 nitrogen and oxygen atoms in total. The van der Waals surface area contributed by atoms with E-state index in [1.54, 1.807) is 6.26 Å². The smallest absolute Gasteiger partial charge is 0.0972 e. The Kier molecular flexibility index (Phi) is 4.92. The van der Waals surface area contributed by atoms with Crippen molar-refractivity contribution in [3.05, 3.63) is 24.7 Å². The van der Waals surface area contributed by atoms with Gasteiger partial charge in [0.15, 0.2) is 0 Å². The van der Waals surface area contributed by atoms with Crippen molar-refractivity contribution in [3.8, 4) is 0 Å². The van der Waals surface area contributed by atoms with Gasteiger partial charge in [-0.1, -0.05) is 12.7 Å². The first kappa shape index (κ1) is 8.24. The number of hydrogen-bond acceptors (Lipinski definition) is 2. The van der Waals surface area contributed by atoms with Crippen LogP contribution in [0.3, 0.4) is 0 Å². The van der Waals surface area contributed by atoms with Crippen LogP contribution >= 0.6 is 0 Å². The van der Waals surface area contributed by atoms with Gasteiger partial charge in [-0.2, -0.15) is 0 Å². The highest BCUT2D eigenvalue weighted by Gasteiger charge is 1.86. The van der Waals surface area contributed by atoms with Crippen LogP contribution in [0.2, 0.25) is 0 Å². The second kappa shape index (κ2) is 5.38. The number of allylic oxidation sites excluding steroid dienone is 1. The Morgan fingerprint density at radius 2 is 2.44 bits per heavy atom. The number of hydrogen-bond donors (Lipinski definition) is 1. The number of rotatable bonds is 4. The van der Waals surface area contributed by atoms with Gasteiger partial charge < -0.3 is 10.5 Å². The lowest BCUT2D eigenvalue weighted by Gasteiger charge is -1.99. The van der Waals surface area contributed by atoms with Gasteiger partial charge in [-0.05, 0) is 13.5 Å². The molecule has 0 heterocycles. The van der Waals surface area contributed by atoms with Crippen molar-refractivity contribution >= 4 is 0 Å². The first-order valence-electron chi connectivity index (χ1n) is 2.97. The van der Waals surface area contributed by atoms with Gasteiger partial charge in [-0.25, -0.2) is 0 Å². The quantitative estimate of drug-likeness (QED) is 0.579. The normalized spacial score (nSPS) is 10.0. The zero-order valence-corrected chi connectivity index (χ0v) is 5.76. The number of ether oxygens (including phenoxy) is 1. The standard InChI is InChI=1S/C7H13NO/c1-3-6-9-7(2)4-5-8/h3,6H,2,4-5,8H2,1H3/b6-3-. The lowest BCUT2D eigenvalue weighted by Crippen LogP contribution is -1.99. The molecular weight excluding hydrogens is 114 g/mol. The van der Waals surface area contributed by atoms with Crippen molar-refractivity contribution in [2.24, 2.45) is 5.73 Å². The van der Waals surface area contributed by atoms with Crippen LogP contribution in [0.25, 0.3) is 0 Å². The molecule has 0 saturated carbocycles. The van der Waals surface area contributed by atoms with E-state index in [0.29, 0.717) is 6.54 Å². The SMILES string of the molecule is C=C(CCN)O/C=C\C. The Morgan fingerprint density at radius 1 is 1.78 bits per heavy atom. The van der Waals surface area contributed by atoms with Crippen LogP contribution in [0.4, 0.5) is 0 Å². The highest BCUT2D eigenvalue weighted by molar-refractivity contribution is 4.86. The maximum absolute atomic E-state index is 5.24. The average molecular weight is 127 g/mol. The molecule has 0 radical (unpaired) electrons.